The lowest BCUT2D eigenvalue weighted by Gasteiger charge is -2.23. The molecule has 0 aliphatic heterocycles. The van der Waals surface area contributed by atoms with E-state index in [0.717, 1.165) is 13.0 Å². The predicted molar refractivity (Wildman–Crippen MR) is 92.0 cm³/mol. The van der Waals surface area contributed by atoms with E-state index in [1.54, 1.807) is 11.3 Å². The highest BCUT2D eigenvalue weighted by molar-refractivity contribution is 7.09. The molecule has 0 atom stereocenters. The van der Waals surface area contributed by atoms with Gasteiger partial charge in [0.05, 0.1) is 6.54 Å². The molecular formula is C17H23N3S. The molecule has 0 unspecified atom stereocenters. The van der Waals surface area contributed by atoms with Crippen LogP contribution in [0.15, 0.2) is 52.8 Å². The first kappa shape index (κ1) is 15.6. The average Bonchev–Trinajstić information content (AvgIpc) is 2.99. The fraction of sp³-hybridized carbons (Fsp3) is 0.353. The van der Waals surface area contributed by atoms with Crippen molar-refractivity contribution in [2.24, 2.45) is 10.7 Å². The van der Waals surface area contributed by atoms with Crippen LogP contribution < -0.4 is 11.1 Å². The molecule has 0 spiro atoms. The molecule has 1 aromatic heterocycles. The Hall–Kier alpha value is -1.81. The number of nitrogens with zero attached hydrogens (tertiary/aromatic N) is 1. The molecule has 112 valence electrons. The minimum atomic E-state index is -0.0126. The molecule has 2 rings (SSSR count). The lowest BCUT2D eigenvalue weighted by Crippen LogP contribution is -2.34. The lowest BCUT2D eigenvalue weighted by molar-refractivity contribution is 0.539. The lowest BCUT2D eigenvalue weighted by atomic mass is 9.85. The van der Waals surface area contributed by atoms with Crippen LogP contribution in [-0.2, 0) is 11.8 Å². The van der Waals surface area contributed by atoms with Gasteiger partial charge in [0.2, 0.25) is 0 Å². The summed E-state index contributed by atoms with van der Waals surface area (Å²) in [5, 5.41) is 5.27. The second-order valence-corrected chi connectivity index (χ2v) is 6.74. The summed E-state index contributed by atoms with van der Waals surface area (Å²) in [6.45, 7) is 5.87. The van der Waals surface area contributed by atoms with E-state index in [0.29, 0.717) is 12.5 Å². The van der Waals surface area contributed by atoms with Gasteiger partial charge >= 0.3 is 0 Å². The van der Waals surface area contributed by atoms with E-state index >= 15 is 0 Å². The second kappa shape index (κ2) is 7.27. The van der Waals surface area contributed by atoms with Gasteiger partial charge in [0.15, 0.2) is 5.96 Å². The van der Waals surface area contributed by atoms with Crippen molar-refractivity contribution in [1.29, 1.82) is 0 Å². The van der Waals surface area contributed by atoms with Crippen molar-refractivity contribution in [2.75, 3.05) is 13.1 Å². The zero-order chi connectivity index (χ0) is 15.1. The largest absolute Gasteiger partial charge is 0.370 e. The van der Waals surface area contributed by atoms with E-state index in [-0.39, 0.29) is 5.41 Å². The third-order valence-electron chi connectivity index (χ3n) is 3.46. The Morgan fingerprint density at radius 3 is 2.62 bits per heavy atom. The molecule has 0 saturated carbocycles. The molecule has 0 saturated heterocycles. The summed E-state index contributed by atoms with van der Waals surface area (Å²) in [7, 11) is 0. The minimum Gasteiger partial charge on any atom is -0.370 e. The summed E-state index contributed by atoms with van der Waals surface area (Å²) in [6, 6.07) is 14.6. The average molecular weight is 301 g/mol. The maximum Gasteiger partial charge on any atom is 0.188 e. The van der Waals surface area contributed by atoms with Gasteiger partial charge in [-0.2, -0.15) is 0 Å². The predicted octanol–water partition coefficient (Wildman–Crippen LogP) is 3.17. The highest BCUT2D eigenvalue weighted by atomic mass is 32.1. The number of guanidine groups is 1. The molecule has 0 radical (unpaired) electrons. The van der Waals surface area contributed by atoms with E-state index < -0.39 is 0 Å². The van der Waals surface area contributed by atoms with Crippen LogP contribution in [0.1, 0.15) is 24.3 Å². The molecule has 0 aliphatic rings. The number of aliphatic imine (C=N–C) groups is 1. The molecule has 21 heavy (non-hydrogen) atoms. The second-order valence-electron chi connectivity index (χ2n) is 5.71. The molecule has 0 bridgehead atoms. The zero-order valence-corrected chi connectivity index (χ0v) is 13.5. The molecule has 0 aliphatic carbocycles. The maximum atomic E-state index is 5.94. The summed E-state index contributed by atoms with van der Waals surface area (Å²) >= 11 is 1.77. The van der Waals surface area contributed by atoms with Crippen molar-refractivity contribution in [3.63, 3.8) is 0 Å². The molecule has 2 aromatic rings. The third kappa shape index (κ3) is 4.90. The fourth-order valence-corrected chi connectivity index (χ4v) is 2.80. The first-order valence-corrected chi connectivity index (χ1v) is 8.07. The number of nitrogens with two attached hydrogens (primary N) is 1. The van der Waals surface area contributed by atoms with Gasteiger partial charge in [-0.25, -0.2) is 0 Å². The molecule has 4 heteroatoms. The number of hydrogen-bond donors (Lipinski definition) is 2. The Morgan fingerprint density at radius 2 is 1.95 bits per heavy atom. The quantitative estimate of drug-likeness (QED) is 0.636. The van der Waals surface area contributed by atoms with E-state index in [1.807, 2.05) is 6.07 Å². The molecule has 1 aromatic carbocycles. The van der Waals surface area contributed by atoms with Crippen LogP contribution >= 0.6 is 11.3 Å². The number of rotatable bonds is 6. The smallest absolute Gasteiger partial charge is 0.188 e. The van der Waals surface area contributed by atoms with Gasteiger partial charge in [0.25, 0.3) is 0 Å². The fourth-order valence-electron chi connectivity index (χ4n) is 2.09. The molecular weight excluding hydrogens is 278 g/mol. The minimum absolute atomic E-state index is 0.0126. The summed E-state index contributed by atoms with van der Waals surface area (Å²) < 4.78 is 0. The van der Waals surface area contributed by atoms with Gasteiger partial charge < -0.3 is 11.1 Å². The molecule has 1 heterocycles. The summed E-state index contributed by atoms with van der Waals surface area (Å²) in [6.07, 6.45) is 0.982. The SMILES string of the molecule is CC(C)(CN=C(N)NCCc1cccs1)c1ccccc1. The van der Waals surface area contributed by atoms with Crippen molar-refractivity contribution in [1.82, 2.24) is 5.32 Å². The summed E-state index contributed by atoms with van der Waals surface area (Å²) in [5.41, 5.74) is 7.21. The van der Waals surface area contributed by atoms with Crippen LogP contribution in [0, 0.1) is 0 Å². The van der Waals surface area contributed by atoms with Crippen LogP contribution in [-0.4, -0.2) is 19.0 Å². The van der Waals surface area contributed by atoms with Crippen LogP contribution in [0.25, 0.3) is 0 Å². The highest BCUT2D eigenvalue weighted by Gasteiger charge is 2.19. The Balaban J connectivity index is 1.82. The first-order valence-electron chi connectivity index (χ1n) is 7.20. The van der Waals surface area contributed by atoms with Crippen molar-refractivity contribution in [2.45, 2.75) is 25.7 Å². The Bertz CT molecular complexity index is 559. The standard InChI is InChI=1S/C17H23N3S/c1-17(2,14-7-4-3-5-8-14)13-20-16(18)19-11-10-15-9-6-12-21-15/h3-9,12H,10-11,13H2,1-2H3,(H3,18,19,20). The summed E-state index contributed by atoms with van der Waals surface area (Å²) in [5.74, 6) is 0.524. The van der Waals surface area contributed by atoms with E-state index in [9.17, 15) is 0 Å². The Labute approximate surface area is 130 Å². The van der Waals surface area contributed by atoms with Gasteiger partial charge in [-0.1, -0.05) is 50.2 Å². The van der Waals surface area contributed by atoms with Gasteiger partial charge in [-0.05, 0) is 23.4 Å². The van der Waals surface area contributed by atoms with Crippen molar-refractivity contribution in [3.05, 3.63) is 58.3 Å². The van der Waals surface area contributed by atoms with Crippen molar-refractivity contribution < 1.29 is 0 Å². The number of benzene rings is 1. The van der Waals surface area contributed by atoms with Crippen molar-refractivity contribution >= 4 is 17.3 Å². The Morgan fingerprint density at radius 1 is 1.19 bits per heavy atom. The molecule has 3 nitrogen and oxygen atoms in total. The number of hydrogen-bond acceptors (Lipinski definition) is 2. The van der Waals surface area contributed by atoms with Crippen LogP contribution in [0.5, 0.6) is 0 Å². The molecule has 0 fully saturated rings. The number of nitrogens with one attached hydrogen (secondary N) is 1. The van der Waals surface area contributed by atoms with Crippen LogP contribution in [0.3, 0.4) is 0 Å². The highest BCUT2D eigenvalue weighted by Crippen LogP contribution is 2.22. The normalized spacial score (nSPS) is 12.4. The van der Waals surface area contributed by atoms with Gasteiger partial charge in [-0.3, -0.25) is 4.99 Å². The van der Waals surface area contributed by atoms with Crippen LogP contribution in [0.4, 0.5) is 0 Å². The van der Waals surface area contributed by atoms with Crippen LogP contribution in [0.2, 0.25) is 0 Å². The summed E-state index contributed by atoms with van der Waals surface area (Å²) in [4.78, 5) is 5.84. The molecule has 3 N–H and O–H groups in total. The molecule has 0 amide bonds. The maximum absolute atomic E-state index is 5.94. The van der Waals surface area contributed by atoms with Crippen molar-refractivity contribution in [3.8, 4) is 0 Å². The van der Waals surface area contributed by atoms with Gasteiger partial charge in [0.1, 0.15) is 0 Å². The monoisotopic (exact) mass is 301 g/mol. The number of thiophene rings is 1. The van der Waals surface area contributed by atoms with Gasteiger partial charge in [-0.15, -0.1) is 11.3 Å². The first-order chi connectivity index (χ1) is 10.1. The van der Waals surface area contributed by atoms with E-state index in [2.05, 4.69) is 65.9 Å². The van der Waals surface area contributed by atoms with Gasteiger partial charge in [0, 0.05) is 16.8 Å². The third-order valence-corrected chi connectivity index (χ3v) is 4.39. The topological polar surface area (TPSA) is 50.4 Å². The van der Waals surface area contributed by atoms with E-state index in [4.69, 9.17) is 5.73 Å². The van der Waals surface area contributed by atoms with E-state index in [1.165, 1.54) is 10.4 Å². The Kier molecular flexibility index (Phi) is 5.39. The zero-order valence-electron chi connectivity index (χ0n) is 12.7.